The molecule has 0 spiro atoms. The first-order valence-corrected chi connectivity index (χ1v) is 12.6. The van der Waals surface area contributed by atoms with Crippen LogP contribution in [0.5, 0.6) is 0 Å². The van der Waals surface area contributed by atoms with Crippen LogP contribution in [0.3, 0.4) is 0 Å². The highest BCUT2D eigenvalue weighted by Crippen LogP contribution is 2.29. The summed E-state index contributed by atoms with van der Waals surface area (Å²) in [6, 6.07) is 11.0. The number of hydrogen-bond acceptors (Lipinski definition) is 9. The molecule has 6 N–H and O–H groups in total. The molecule has 3 aromatic carbocycles. The largest absolute Gasteiger partial charge is 0.481 e. The molecule has 0 atom stereocenters. The Kier molecular flexibility index (Phi) is 8.29. The van der Waals surface area contributed by atoms with Gasteiger partial charge in [-0.3, -0.25) is 19.7 Å². The van der Waals surface area contributed by atoms with Gasteiger partial charge in [0.1, 0.15) is 11.5 Å². The molecule has 0 fully saturated rings. The van der Waals surface area contributed by atoms with Gasteiger partial charge in [0.15, 0.2) is 0 Å². The fourth-order valence-corrected chi connectivity index (χ4v) is 4.44. The number of nitrogen functional groups attached to an aromatic ring is 1. The third-order valence-electron chi connectivity index (χ3n) is 4.86. The first kappa shape index (κ1) is 27.3. The summed E-state index contributed by atoms with van der Waals surface area (Å²) in [7, 11) is -4.57. The maximum Gasteiger partial charge on any atom is 0.305 e. The van der Waals surface area contributed by atoms with Gasteiger partial charge in [-0.05, 0) is 48.5 Å². The summed E-state index contributed by atoms with van der Waals surface area (Å²) in [4.78, 5) is 33.6. The molecule has 15 heteroatoms. The number of carboxylic acid groups (broad SMARTS) is 1. The molecule has 3 rings (SSSR count). The number of amides is 1. The van der Waals surface area contributed by atoms with Gasteiger partial charge in [-0.1, -0.05) is 15.9 Å². The van der Waals surface area contributed by atoms with Crippen LogP contribution >= 0.6 is 15.9 Å². The van der Waals surface area contributed by atoms with E-state index in [1.54, 1.807) is 0 Å². The number of sulfonamides is 1. The zero-order chi connectivity index (χ0) is 27.3. The van der Waals surface area contributed by atoms with Gasteiger partial charge in [-0.15, -0.1) is 0 Å². The molecule has 0 aliphatic heterocycles. The number of aliphatic carboxylic acids is 1. The fraction of sp³-hybridized carbons (Fsp3) is 0.0909. The van der Waals surface area contributed by atoms with Crippen LogP contribution in [0.15, 0.2) is 64.0 Å². The molecule has 3 aromatic rings. The second-order valence-corrected chi connectivity index (χ2v) is 10.1. The molecule has 194 valence electrons. The number of rotatable bonds is 10. The summed E-state index contributed by atoms with van der Waals surface area (Å²) < 4.78 is 42.0. The molecular weight excluding hydrogens is 577 g/mol. The Labute approximate surface area is 218 Å². The van der Waals surface area contributed by atoms with Gasteiger partial charge in [-0.25, -0.2) is 17.5 Å². The number of nitrogens with zero attached hydrogens (tertiary/aromatic N) is 1. The van der Waals surface area contributed by atoms with Gasteiger partial charge in [0.05, 0.1) is 33.2 Å². The minimum atomic E-state index is -4.57. The molecule has 0 aromatic heterocycles. The Balaban J connectivity index is 1.88. The van der Waals surface area contributed by atoms with Crippen molar-refractivity contribution in [2.24, 2.45) is 0 Å². The Bertz CT molecular complexity index is 1500. The Morgan fingerprint density at radius 3 is 2.46 bits per heavy atom. The number of benzene rings is 3. The minimum absolute atomic E-state index is 0.0824. The van der Waals surface area contributed by atoms with E-state index in [4.69, 9.17) is 10.8 Å². The van der Waals surface area contributed by atoms with E-state index in [9.17, 15) is 32.5 Å². The van der Waals surface area contributed by atoms with E-state index in [2.05, 4.69) is 26.6 Å². The number of carboxylic acids is 1. The average molecular weight is 596 g/mol. The Hall–Kier alpha value is -4.24. The van der Waals surface area contributed by atoms with Crippen molar-refractivity contribution in [1.29, 1.82) is 0 Å². The molecule has 0 heterocycles. The lowest BCUT2D eigenvalue weighted by Gasteiger charge is -2.14. The van der Waals surface area contributed by atoms with E-state index in [-0.39, 0.29) is 41.3 Å². The zero-order valence-corrected chi connectivity index (χ0v) is 21.1. The van der Waals surface area contributed by atoms with Crippen LogP contribution in [-0.2, 0) is 14.8 Å². The summed E-state index contributed by atoms with van der Waals surface area (Å²) in [6.07, 6.45) is -0.320. The van der Waals surface area contributed by atoms with Crippen molar-refractivity contribution in [3.05, 3.63) is 80.6 Å². The van der Waals surface area contributed by atoms with Crippen molar-refractivity contribution in [1.82, 2.24) is 4.72 Å². The number of anilines is 4. The third kappa shape index (κ3) is 6.92. The van der Waals surface area contributed by atoms with E-state index in [0.717, 1.165) is 24.3 Å². The van der Waals surface area contributed by atoms with Crippen LogP contribution in [0.2, 0.25) is 0 Å². The SMILES string of the molecule is Nc1ccc(Nc2cc(Br)ccc2C(=O)NS(=O)(=O)c2ccc(NCCC(=O)O)c([N+](=O)[O-])c2)cc1F. The second-order valence-electron chi connectivity index (χ2n) is 7.49. The summed E-state index contributed by atoms with van der Waals surface area (Å²) >= 11 is 3.25. The van der Waals surface area contributed by atoms with Crippen LogP contribution in [0, 0.1) is 15.9 Å². The van der Waals surface area contributed by atoms with Gasteiger partial charge in [0, 0.05) is 22.8 Å². The first-order chi connectivity index (χ1) is 17.4. The topological polar surface area (TPSA) is 194 Å². The lowest BCUT2D eigenvalue weighted by Crippen LogP contribution is -2.31. The van der Waals surface area contributed by atoms with E-state index >= 15 is 0 Å². The quantitative estimate of drug-likeness (QED) is 0.130. The summed E-state index contributed by atoms with van der Waals surface area (Å²) in [5.41, 5.74) is 4.93. The maximum absolute atomic E-state index is 13.8. The Morgan fingerprint density at radius 2 is 1.81 bits per heavy atom. The predicted octanol–water partition coefficient (Wildman–Crippen LogP) is 3.83. The predicted molar refractivity (Wildman–Crippen MR) is 137 cm³/mol. The van der Waals surface area contributed by atoms with Gasteiger partial charge in [0.25, 0.3) is 21.6 Å². The molecule has 0 bridgehead atoms. The van der Waals surface area contributed by atoms with E-state index < -0.39 is 43.2 Å². The van der Waals surface area contributed by atoms with Crippen LogP contribution in [0.1, 0.15) is 16.8 Å². The summed E-state index contributed by atoms with van der Waals surface area (Å²) in [5, 5.41) is 25.6. The highest BCUT2D eigenvalue weighted by atomic mass is 79.9. The molecule has 0 radical (unpaired) electrons. The number of carbonyl (C=O) groups excluding carboxylic acids is 1. The van der Waals surface area contributed by atoms with E-state index in [0.29, 0.717) is 4.47 Å². The first-order valence-electron chi connectivity index (χ1n) is 10.3. The van der Waals surface area contributed by atoms with Crippen molar-refractivity contribution in [2.45, 2.75) is 11.3 Å². The van der Waals surface area contributed by atoms with Crippen molar-refractivity contribution in [3.8, 4) is 0 Å². The maximum atomic E-state index is 13.8. The van der Waals surface area contributed by atoms with Crippen molar-refractivity contribution >= 4 is 66.3 Å². The number of nitrogens with one attached hydrogen (secondary N) is 3. The van der Waals surface area contributed by atoms with Gasteiger partial charge in [0.2, 0.25) is 0 Å². The fourth-order valence-electron chi connectivity index (χ4n) is 3.10. The molecule has 0 aliphatic rings. The molecule has 37 heavy (non-hydrogen) atoms. The lowest BCUT2D eigenvalue weighted by molar-refractivity contribution is -0.384. The molecule has 0 unspecified atom stereocenters. The molecule has 0 saturated carbocycles. The Morgan fingerprint density at radius 1 is 1.08 bits per heavy atom. The van der Waals surface area contributed by atoms with Crippen molar-refractivity contribution in [3.63, 3.8) is 0 Å². The van der Waals surface area contributed by atoms with Crippen molar-refractivity contribution in [2.75, 3.05) is 22.9 Å². The van der Waals surface area contributed by atoms with Crippen molar-refractivity contribution < 1.29 is 32.4 Å². The minimum Gasteiger partial charge on any atom is -0.481 e. The molecular formula is C22H19BrFN5O7S. The standard InChI is InChI=1S/C22H19BrFN5O7S/c23-12-1-4-15(19(9-12)27-13-2-5-17(25)16(24)10-13)22(32)28-37(35,36)14-3-6-18(20(11-14)29(33)34)26-8-7-21(30)31/h1-6,9-11,26-27H,7-8,25H2,(H,28,32)(H,30,31). The second kappa shape index (κ2) is 11.2. The lowest BCUT2D eigenvalue weighted by atomic mass is 10.1. The smallest absolute Gasteiger partial charge is 0.305 e. The number of hydrogen-bond donors (Lipinski definition) is 5. The number of nitrogens with two attached hydrogens (primary N) is 1. The van der Waals surface area contributed by atoms with Gasteiger partial charge in [-0.2, -0.15) is 0 Å². The average Bonchev–Trinajstić information content (AvgIpc) is 2.81. The molecule has 0 saturated heterocycles. The highest BCUT2D eigenvalue weighted by molar-refractivity contribution is 9.10. The number of nitro benzene ring substituents is 1. The zero-order valence-electron chi connectivity index (χ0n) is 18.7. The summed E-state index contributed by atoms with van der Waals surface area (Å²) in [5.74, 6) is -2.88. The van der Waals surface area contributed by atoms with Crippen LogP contribution in [0.25, 0.3) is 0 Å². The van der Waals surface area contributed by atoms with Crippen LogP contribution in [0.4, 0.5) is 32.8 Å². The molecule has 12 nitrogen and oxygen atoms in total. The third-order valence-corrected chi connectivity index (χ3v) is 6.69. The normalized spacial score (nSPS) is 11.0. The highest BCUT2D eigenvalue weighted by Gasteiger charge is 2.25. The monoisotopic (exact) mass is 595 g/mol. The molecule has 1 amide bonds. The number of halogens is 2. The van der Waals surface area contributed by atoms with Crippen LogP contribution in [-0.4, -0.2) is 36.9 Å². The summed E-state index contributed by atoms with van der Waals surface area (Å²) in [6.45, 7) is -0.129. The van der Waals surface area contributed by atoms with Gasteiger partial charge < -0.3 is 21.5 Å². The van der Waals surface area contributed by atoms with E-state index in [1.807, 2.05) is 4.72 Å². The van der Waals surface area contributed by atoms with E-state index in [1.165, 1.54) is 30.3 Å². The number of carbonyl (C=O) groups is 2. The van der Waals surface area contributed by atoms with Crippen LogP contribution < -0.4 is 21.1 Å². The number of nitro groups is 1. The van der Waals surface area contributed by atoms with Gasteiger partial charge >= 0.3 is 5.97 Å². The molecule has 0 aliphatic carbocycles.